The van der Waals surface area contributed by atoms with Gasteiger partial charge in [0.15, 0.2) is 0 Å². The van der Waals surface area contributed by atoms with Crippen molar-refractivity contribution in [3.63, 3.8) is 0 Å². The second-order valence-corrected chi connectivity index (χ2v) is 19.9. The summed E-state index contributed by atoms with van der Waals surface area (Å²) in [5.74, 6) is 0.642. The summed E-state index contributed by atoms with van der Waals surface area (Å²) in [5, 5.41) is 9.05. The number of nitrogens with one attached hydrogen (secondary N) is 1. The number of sulfonamides is 1. The number of aromatic carboxylic acids is 1. The van der Waals surface area contributed by atoms with E-state index >= 15 is 0 Å². The van der Waals surface area contributed by atoms with E-state index in [-0.39, 0.29) is 39.4 Å². The molecule has 2 N–H and O–H groups in total. The molecule has 0 bridgehead atoms. The zero-order chi connectivity index (χ0) is 33.9. The maximum Gasteiger partial charge on any atom is 0.335 e. The van der Waals surface area contributed by atoms with Gasteiger partial charge in [-0.1, -0.05) is 65.0 Å². The summed E-state index contributed by atoms with van der Waals surface area (Å²) in [6, 6.07) is 7.43. The van der Waals surface area contributed by atoms with Crippen molar-refractivity contribution in [3.8, 4) is 0 Å². The van der Waals surface area contributed by atoms with Gasteiger partial charge in [-0.15, -0.1) is 0 Å². The molecule has 5 saturated carbocycles. The molecule has 0 aromatic heterocycles. The first-order chi connectivity index (χ1) is 21.9. The van der Waals surface area contributed by atoms with Crippen LogP contribution >= 0.6 is 0 Å². The van der Waals surface area contributed by atoms with Gasteiger partial charge in [-0.25, -0.2) is 13.2 Å². The minimum Gasteiger partial charge on any atom is -0.478 e. The van der Waals surface area contributed by atoms with Crippen LogP contribution in [0.2, 0.25) is 0 Å². The Hall–Kier alpha value is -2.41. The Bertz CT molecular complexity index is 1650. The van der Waals surface area contributed by atoms with E-state index in [0.717, 1.165) is 68.9 Å². The molecule has 9 atom stereocenters. The van der Waals surface area contributed by atoms with Crippen molar-refractivity contribution in [2.24, 2.45) is 56.7 Å². The molecule has 47 heavy (non-hydrogen) atoms. The van der Waals surface area contributed by atoms with Crippen molar-refractivity contribution in [3.05, 3.63) is 53.6 Å². The number of benzene rings is 1. The van der Waals surface area contributed by atoms with Crippen molar-refractivity contribution >= 4 is 27.5 Å². The van der Waals surface area contributed by atoms with Crippen molar-refractivity contribution in [1.82, 2.24) is 4.72 Å². The largest absolute Gasteiger partial charge is 0.478 e. The number of carbonyl (C=O) groups is 2. The van der Waals surface area contributed by atoms with Gasteiger partial charge in [0.2, 0.25) is 15.9 Å². The molecule has 1 aromatic carbocycles. The van der Waals surface area contributed by atoms with E-state index < -0.39 is 26.7 Å². The second kappa shape index (κ2) is 10.5. The Morgan fingerprint density at radius 3 is 2.15 bits per heavy atom. The van der Waals surface area contributed by atoms with Crippen LogP contribution in [0.3, 0.4) is 0 Å². The number of hydrogen-bond acceptors (Lipinski definition) is 4. The molecule has 6 nitrogen and oxygen atoms in total. The van der Waals surface area contributed by atoms with E-state index in [2.05, 4.69) is 58.9 Å². The molecule has 7 heteroatoms. The number of amides is 1. The first-order valence-corrected chi connectivity index (χ1v) is 19.7. The van der Waals surface area contributed by atoms with E-state index in [1.165, 1.54) is 5.57 Å². The van der Waals surface area contributed by atoms with Gasteiger partial charge in [-0.2, -0.15) is 0 Å². The fourth-order valence-corrected chi connectivity index (χ4v) is 14.5. The van der Waals surface area contributed by atoms with Crippen LogP contribution in [0.15, 0.2) is 42.5 Å². The van der Waals surface area contributed by atoms with Gasteiger partial charge in [0.1, 0.15) is 0 Å². The van der Waals surface area contributed by atoms with Gasteiger partial charge in [-0.3, -0.25) is 9.52 Å². The fourth-order valence-electron chi connectivity index (χ4n) is 13.1. The Labute approximate surface area is 282 Å². The van der Waals surface area contributed by atoms with Gasteiger partial charge in [0.05, 0.1) is 16.2 Å². The molecular weight excluding hydrogens is 607 g/mol. The standard InChI is InChI=1S/C40H55NO5S/c1-24(2)28-16-21-40(35(44)41-47(45,46)27-12-13-27)23-22-38(6)30(33(28)40)14-15-32-37(5)19-17-29(25-8-10-26(11-9-25)34(42)43)36(3,4)31(37)18-20-39(32,38)7/h8-11,17,27-28,30-33H,1,12-16,18-23H2,2-7H3,(H,41,44)(H,42,43). The van der Waals surface area contributed by atoms with Crippen LogP contribution in [0.1, 0.15) is 128 Å². The third-order valence-corrected chi connectivity index (χ3v) is 17.6. The average Bonchev–Trinajstić information content (AvgIpc) is 3.78. The molecule has 6 aliphatic rings. The number of allylic oxidation sites excluding steroid dienone is 3. The minimum absolute atomic E-state index is 0.0482. The topological polar surface area (TPSA) is 101 Å². The summed E-state index contributed by atoms with van der Waals surface area (Å²) in [6.45, 7) is 19.0. The lowest BCUT2D eigenvalue weighted by Crippen LogP contribution is -2.66. The molecule has 0 spiro atoms. The number of fused-ring (bicyclic) bond motifs is 7. The molecule has 7 rings (SSSR count). The van der Waals surface area contributed by atoms with Gasteiger partial charge < -0.3 is 5.11 Å². The van der Waals surface area contributed by atoms with E-state index in [4.69, 9.17) is 0 Å². The van der Waals surface area contributed by atoms with E-state index in [1.54, 1.807) is 12.1 Å². The number of carbonyl (C=O) groups excluding carboxylic acids is 1. The van der Waals surface area contributed by atoms with Crippen LogP contribution in [0.5, 0.6) is 0 Å². The minimum atomic E-state index is -3.61. The highest BCUT2D eigenvalue weighted by atomic mass is 32.2. The Kier molecular flexibility index (Phi) is 7.43. The lowest BCUT2D eigenvalue weighted by Gasteiger charge is -2.72. The van der Waals surface area contributed by atoms with E-state index in [0.29, 0.717) is 36.2 Å². The molecule has 0 radical (unpaired) electrons. The molecule has 0 saturated heterocycles. The molecular formula is C40H55NO5S. The van der Waals surface area contributed by atoms with Crippen LogP contribution in [-0.2, 0) is 14.8 Å². The molecule has 6 aliphatic carbocycles. The van der Waals surface area contributed by atoms with Crippen LogP contribution < -0.4 is 4.72 Å². The fraction of sp³-hybridized carbons (Fsp3) is 0.700. The zero-order valence-electron chi connectivity index (χ0n) is 29.3. The van der Waals surface area contributed by atoms with Crippen LogP contribution in [0, 0.1) is 56.7 Å². The van der Waals surface area contributed by atoms with Crippen LogP contribution in [-0.4, -0.2) is 30.7 Å². The molecule has 1 aromatic rings. The number of hydrogen-bond donors (Lipinski definition) is 2. The number of rotatable bonds is 6. The van der Waals surface area contributed by atoms with Gasteiger partial charge in [0, 0.05) is 0 Å². The summed E-state index contributed by atoms with van der Waals surface area (Å²) in [6.07, 6.45) is 12.7. The second-order valence-electron chi connectivity index (χ2n) is 17.9. The highest BCUT2D eigenvalue weighted by Gasteiger charge is 2.71. The summed E-state index contributed by atoms with van der Waals surface area (Å²) in [4.78, 5) is 25.7. The highest BCUT2D eigenvalue weighted by molar-refractivity contribution is 7.90. The first-order valence-electron chi connectivity index (χ1n) is 18.2. The predicted octanol–water partition coefficient (Wildman–Crippen LogP) is 8.64. The number of carboxylic acid groups (broad SMARTS) is 1. The van der Waals surface area contributed by atoms with Gasteiger partial charge >= 0.3 is 5.97 Å². The Balaban J connectivity index is 1.23. The van der Waals surface area contributed by atoms with Crippen LogP contribution in [0.4, 0.5) is 0 Å². The molecule has 9 unspecified atom stereocenters. The third kappa shape index (κ3) is 4.56. The monoisotopic (exact) mass is 661 g/mol. The first kappa shape index (κ1) is 33.1. The lowest BCUT2D eigenvalue weighted by atomic mass is 9.32. The van der Waals surface area contributed by atoms with Crippen LogP contribution in [0.25, 0.3) is 5.57 Å². The maximum atomic E-state index is 14.2. The average molecular weight is 662 g/mol. The van der Waals surface area contributed by atoms with Crippen molar-refractivity contribution in [2.75, 3.05) is 0 Å². The maximum absolute atomic E-state index is 14.2. The van der Waals surface area contributed by atoms with Crippen molar-refractivity contribution in [1.29, 1.82) is 0 Å². The molecule has 1 amide bonds. The smallest absolute Gasteiger partial charge is 0.335 e. The Morgan fingerprint density at radius 2 is 1.53 bits per heavy atom. The van der Waals surface area contributed by atoms with E-state index in [9.17, 15) is 23.1 Å². The zero-order valence-corrected chi connectivity index (χ0v) is 30.1. The van der Waals surface area contributed by atoms with E-state index in [1.807, 2.05) is 12.1 Å². The third-order valence-electron chi connectivity index (χ3n) is 15.7. The van der Waals surface area contributed by atoms with Gasteiger partial charge in [0.25, 0.3) is 0 Å². The van der Waals surface area contributed by atoms with Gasteiger partial charge in [-0.05, 0) is 152 Å². The summed E-state index contributed by atoms with van der Waals surface area (Å²) in [5.41, 5.74) is 3.52. The van der Waals surface area contributed by atoms with Crippen molar-refractivity contribution < 1.29 is 23.1 Å². The summed E-state index contributed by atoms with van der Waals surface area (Å²) in [7, 11) is -3.61. The predicted molar refractivity (Wildman–Crippen MR) is 186 cm³/mol. The lowest BCUT2D eigenvalue weighted by molar-refractivity contribution is -0.224. The molecule has 5 fully saturated rings. The molecule has 0 aliphatic heterocycles. The SMILES string of the molecule is C=C(C)C1CCC2(C(=O)NS(=O)(=O)C3CC3)CCC3(C)C(CCC4C5(C)CC=C(c6ccc(C(=O)O)cc6)C(C)(C)C5CCC43C)C12. The highest BCUT2D eigenvalue weighted by Crippen LogP contribution is 2.77. The quantitative estimate of drug-likeness (QED) is 0.297. The normalized spacial score (nSPS) is 42.2. The van der Waals surface area contributed by atoms with Crippen molar-refractivity contribution in [2.45, 2.75) is 117 Å². The summed E-state index contributed by atoms with van der Waals surface area (Å²) < 4.78 is 28.7. The number of carboxylic acids is 1. The molecule has 0 heterocycles. The Morgan fingerprint density at radius 1 is 0.851 bits per heavy atom. The molecule has 256 valence electrons. The summed E-state index contributed by atoms with van der Waals surface area (Å²) >= 11 is 0.